The molecule has 30 rings (SSSR count). The summed E-state index contributed by atoms with van der Waals surface area (Å²) < 4.78 is 0. The van der Waals surface area contributed by atoms with Crippen molar-refractivity contribution < 1.29 is 0 Å². The zero-order valence-corrected chi connectivity index (χ0v) is 84.3. The van der Waals surface area contributed by atoms with Crippen LogP contribution >= 0.6 is 0 Å². The lowest BCUT2D eigenvalue weighted by atomic mass is 9.79. The zero-order chi connectivity index (χ0) is 95.4. The van der Waals surface area contributed by atoms with Crippen molar-refractivity contribution in [2.45, 2.75) is 103 Å². The second-order valence-corrected chi connectivity index (χ2v) is 53.4. The van der Waals surface area contributed by atoms with Crippen molar-refractivity contribution in [3.63, 3.8) is 0 Å². The molecule has 0 aromatic heterocycles. The molecule has 0 saturated carbocycles. The Bertz CT molecular complexity index is 9730. The molecular weight excluding hydrogens is 1740 g/mol. The number of hydrogen-bond donors (Lipinski definition) is 0. The average molecular weight is 1840 g/mol. The lowest BCUT2D eigenvalue weighted by Crippen LogP contribution is -2.49. The van der Waals surface area contributed by atoms with E-state index in [1.54, 1.807) is 0 Å². The van der Waals surface area contributed by atoms with E-state index in [1.807, 2.05) is 0 Å². The first-order chi connectivity index (χ1) is 68.9. The molecule has 0 fully saturated rings. The third-order valence-corrected chi connectivity index (χ3v) is 42.3. The highest BCUT2D eigenvalue weighted by Crippen LogP contribution is 2.59. The predicted octanol–water partition coefficient (Wildman–Crippen LogP) is 35.7. The Balaban J connectivity index is 0.000000136. The Labute approximate surface area is 832 Å². The fourth-order valence-electron chi connectivity index (χ4n) is 28.0. The van der Waals surface area contributed by atoms with Crippen molar-refractivity contribution >= 4 is 134 Å². The van der Waals surface area contributed by atoms with Crippen LogP contribution in [0.2, 0.25) is 26.2 Å². The third-order valence-electron chi connectivity index (χ3n) is 35.2. The molecule has 0 unspecified atom stereocenters. The molecule has 24 aromatic carbocycles. The van der Waals surface area contributed by atoms with Crippen LogP contribution < -0.4 is 20.7 Å². The summed E-state index contributed by atoms with van der Waals surface area (Å²) in [6, 6.07) is 159. The van der Waals surface area contributed by atoms with Gasteiger partial charge in [-0.2, -0.15) is 0 Å². The van der Waals surface area contributed by atoms with Gasteiger partial charge in [0.2, 0.25) is 0 Å². The van der Waals surface area contributed by atoms with E-state index in [4.69, 9.17) is 0 Å². The molecule has 0 N–H and O–H groups in total. The van der Waals surface area contributed by atoms with Crippen LogP contribution in [0, 0.1) is 0 Å². The Morgan fingerprint density at radius 2 is 0.415 bits per heavy atom. The highest BCUT2D eigenvalue weighted by atomic mass is 28.3. The molecule has 0 nitrogen and oxygen atoms in total. The van der Waals surface area contributed by atoms with E-state index in [2.05, 4.69) is 494 Å². The lowest BCUT2D eigenvalue weighted by molar-refractivity contribution is 0.660. The Morgan fingerprint density at radius 3 is 0.824 bits per heavy atom. The van der Waals surface area contributed by atoms with Gasteiger partial charge in [-0.25, -0.2) is 0 Å². The second-order valence-electron chi connectivity index (χ2n) is 44.7. The summed E-state index contributed by atoms with van der Waals surface area (Å²) in [5, 5.41) is 29.9. The highest BCUT2D eigenvalue weighted by Gasteiger charge is 2.45. The van der Waals surface area contributed by atoms with Gasteiger partial charge in [-0.15, -0.1) is 0 Å². The first kappa shape index (κ1) is 83.3. The maximum Gasteiger partial charge on any atom is 0.113 e. The summed E-state index contributed by atoms with van der Waals surface area (Å²) in [6.07, 6.45) is 0. The normalized spacial score (nSPS) is 15.2. The topological polar surface area (TPSA) is 0 Å². The van der Waals surface area contributed by atoms with Gasteiger partial charge in [0, 0.05) is 21.7 Å². The molecule has 672 valence electrons. The van der Waals surface area contributed by atoms with Crippen LogP contribution in [0.25, 0.3) is 242 Å². The van der Waals surface area contributed by atoms with Crippen molar-refractivity contribution in [2.24, 2.45) is 0 Å². The molecule has 0 bridgehead atoms. The molecule has 0 spiro atoms. The Morgan fingerprint density at radius 1 is 0.141 bits per heavy atom. The van der Waals surface area contributed by atoms with Gasteiger partial charge in [0.25, 0.3) is 0 Å². The van der Waals surface area contributed by atoms with Crippen LogP contribution in [0.3, 0.4) is 0 Å². The standard InChI is InChI=1S/C72H52Si.C68H52Si/c1-71(2)61-26-11-9-18-46(61)48-31-29-43(36-63(48)71)68-52-20-7-8-21-53(52)69(44-30-32-49-47-19-10-12-27-62(47)72(3,4)64(49)37-44)60-40-66-58(39-59(60)68)50-33-28-42(38-65(50)73(66,5)6)45-34-35-57-55-23-14-17-41-16-13-22-54(67(41)55)56-25-15-24-51(45)70(56)57;1-67(2)59-22-14-12-18-49(59)51-31-29-47(36-61(51)67)65-54-20-10-11-21-55(54)66(48-30-32-52-50-19-13-15-23-60(50)68(3,4)62(52)37-48)58-40-64-56(39-57(58)65)53-33-28-46(38-63(53)69(64,5)6)45-27-26-43-34-42(24-25-44(43)35-45)41-16-8-7-9-17-41/h7-40H,1-6H3;7-40H,1-6H3. The van der Waals surface area contributed by atoms with Crippen LogP contribution in [-0.2, 0) is 21.7 Å². The van der Waals surface area contributed by atoms with E-state index in [-0.39, 0.29) is 21.7 Å². The van der Waals surface area contributed by atoms with E-state index >= 15 is 0 Å². The average Bonchev–Trinajstić information content (AvgIpc) is 1.44. The molecule has 6 aliphatic rings. The van der Waals surface area contributed by atoms with E-state index in [0.29, 0.717) is 0 Å². The van der Waals surface area contributed by atoms with Crippen molar-refractivity contribution in [2.75, 3.05) is 0 Å². The van der Waals surface area contributed by atoms with Gasteiger partial charge in [-0.1, -0.05) is 446 Å². The number of rotatable bonds is 7. The lowest BCUT2D eigenvalue weighted by Gasteiger charge is -2.25. The van der Waals surface area contributed by atoms with Crippen LogP contribution in [-0.4, -0.2) is 16.1 Å². The smallest absolute Gasteiger partial charge is 0.0622 e. The largest absolute Gasteiger partial charge is 0.113 e. The van der Waals surface area contributed by atoms with Crippen molar-refractivity contribution in [1.82, 2.24) is 0 Å². The highest BCUT2D eigenvalue weighted by molar-refractivity contribution is 7.04. The fourth-order valence-corrected chi connectivity index (χ4v) is 34.1. The summed E-state index contributed by atoms with van der Waals surface area (Å²) >= 11 is 0. The maximum atomic E-state index is 2.67. The van der Waals surface area contributed by atoms with Crippen LogP contribution in [0.15, 0.2) is 413 Å². The summed E-state index contributed by atoms with van der Waals surface area (Å²) in [4.78, 5) is 0. The summed E-state index contributed by atoms with van der Waals surface area (Å²) in [6.45, 7) is 29.6. The van der Waals surface area contributed by atoms with E-state index in [1.165, 1.54) is 307 Å². The van der Waals surface area contributed by atoms with Gasteiger partial charge in [0.1, 0.15) is 16.1 Å². The summed E-state index contributed by atoms with van der Waals surface area (Å²) in [7, 11) is -4.47. The van der Waals surface area contributed by atoms with Crippen molar-refractivity contribution in [3.05, 3.63) is 457 Å². The molecule has 2 heteroatoms. The second kappa shape index (κ2) is 29.5. The Kier molecular flexibility index (Phi) is 17.3. The summed E-state index contributed by atoms with van der Waals surface area (Å²) in [5.74, 6) is 0. The minimum atomic E-state index is -2.27. The number of fused-ring (bicyclic) bond motifs is 25. The fraction of sp³-hybridized carbons (Fsp3) is 0.114. The minimum Gasteiger partial charge on any atom is -0.0622 e. The molecule has 4 aliphatic carbocycles. The van der Waals surface area contributed by atoms with Gasteiger partial charge in [0.05, 0.1) is 0 Å². The molecule has 2 heterocycles. The van der Waals surface area contributed by atoms with Crippen molar-refractivity contribution in [3.8, 4) is 145 Å². The number of benzene rings is 24. The van der Waals surface area contributed by atoms with Crippen LogP contribution in [0.1, 0.15) is 99.9 Å². The van der Waals surface area contributed by atoms with Gasteiger partial charge in [-0.3, -0.25) is 0 Å². The number of hydrogen-bond acceptors (Lipinski definition) is 0. The molecule has 0 atom stereocenters. The van der Waals surface area contributed by atoms with Gasteiger partial charge in [0.15, 0.2) is 0 Å². The molecule has 0 radical (unpaired) electrons. The molecular formula is C140H104Si2. The first-order valence-electron chi connectivity index (χ1n) is 51.0. The van der Waals surface area contributed by atoms with Gasteiger partial charge >= 0.3 is 0 Å². The minimum absolute atomic E-state index is 0.103. The quantitative estimate of drug-likeness (QED) is 0.0848. The third kappa shape index (κ3) is 11.5. The summed E-state index contributed by atoms with van der Waals surface area (Å²) in [5.41, 5.74) is 45.4. The molecule has 2 aliphatic heterocycles. The molecule has 0 saturated heterocycles. The SMILES string of the molecule is CC1(C)c2ccccc2-c2ccc(-c3c4ccccc4c(-c4ccc5c(c4)C(C)(C)c4ccccc4-5)c4cc5c(cc34)-c3ccc(-c4ccc6c7cccc8cccc(c9cccc4c96)c87)cc3[Si]5(C)C)cc21.CC1(C)c2ccccc2-c2ccc(-c3c4ccccc4c(-c4ccc5c(c4)C(C)(C)c4ccccc4-5)c4cc5c(cc34)-c3ccc(-c4ccc6cc(-c7ccccc7)ccc6c4)cc3[Si]5(C)C)cc21. The van der Waals surface area contributed by atoms with E-state index in [0.717, 1.165) is 0 Å². The molecule has 0 amide bonds. The zero-order valence-electron chi connectivity index (χ0n) is 82.3. The van der Waals surface area contributed by atoms with Gasteiger partial charge < -0.3 is 0 Å². The van der Waals surface area contributed by atoms with Crippen LogP contribution in [0.5, 0.6) is 0 Å². The monoisotopic (exact) mass is 1840 g/mol. The first-order valence-corrected chi connectivity index (χ1v) is 57.0. The van der Waals surface area contributed by atoms with Crippen LogP contribution in [0.4, 0.5) is 0 Å². The van der Waals surface area contributed by atoms with Gasteiger partial charge in [-0.05, 0) is 355 Å². The van der Waals surface area contributed by atoms with E-state index in [9.17, 15) is 0 Å². The Hall–Kier alpha value is -15.7. The maximum absolute atomic E-state index is 2.67. The van der Waals surface area contributed by atoms with Crippen molar-refractivity contribution in [1.29, 1.82) is 0 Å². The predicted molar refractivity (Wildman–Crippen MR) is 614 cm³/mol. The van der Waals surface area contributed by atoms with E-state index < -0.39 is 16.1 Å². The molecule has 142 heavy (non-hydrogen) atoms. The molecule has 24 aromatic rings.